The zero-order valence-corrected chi connectivity index (χ0v) is 13.2. The maximum atomic E-state index is 14.1. The number of aromatic nitrogens is 1. The van der Waals surface area contributed by atoms with Crippen molar-refractivity contribution in [3.05, 3.63) is 59.9 Å². The van der Waals surface area contributed by atoms with Crippen molar-refractivity contribution in [2.75, 3.05) is 7.11 Å². The highest BCUT2D eigenvalue weighted by molar-refractivity contribution is 5.84. The highest BCUT2D eigenvalue weighted by Gasteiger charge is 2.43. The first kappa shape index (κ1) is 17.8. The molecule has 2 aromatic rings. The fourth-order valence-corrected chi connectivity index (χ4v) is 2.13. The Labute approximate surface area is 138 Å². The molecule has 0 aliphatic carbocycles. The maximum absolute atomic E-state index is 14.1. The highest BCUT2D eigenvalue weighted by Crippen LogP contribution is 2.27. The molecule has 1 amide bonds. The maximum Gasteiger partial charge on any atom is 0.366 e. The minimum absolute atomic E-state index is 0.477. The topological polar surface area (TPSA) is 71.5 Å². The number of halogens is 2. The van der Waals surface area contributed by atoms with Crippen LogP contribution >= 0.6 is 0 Å². The number of hydrogen-bond donors (Lipinski definition) is 2. The van der Waals surface area contributed by atoms with Crippen molar-refractivity contribution in [2.45, 2.75) is 25.0 Å². The average molecular weight is 336 g/mol. The molecule has 7 heteroatoms. The van der Waals surface area contributed by atoms with E-state index in [0.717, 1.165) is 6.07 Å². The first-order chi connectivity index (χ1) is 11.4. The Balaban J connectivity index is 2.07. The molecule has 2 N–H and O–H groups in total. The largest absolute Gasteiger partial charge is 0.497 e. The molecule has 1 aromatic heterocycles. The van der Waals surface area contributed by atoms with Crippen LogP contribution in [0.2, 0.25) is 0 Å². The minimum atomic E-state index is -3.78. The van der Waals surface area contributed by atoms with Crippen LogP contribution in [0.3, 0.4) is 0 Å². The van der Waals surface area contributed by atoms with Crippen LogP contribution in [0.25, 0.3) is 0 Å². The van der Waals surface area contributed by atoms with Gasteiger partial charge in [0.1, 0.15) is 11.4 Å². The molecule has 0 radical (unpaired) electrons. The fourth-order valence-electron chi connectivity index (χ4n) is 2.13. The predicted molar refractivity (Wildman–Crippen MR) is 83.7 cm³/mol. The molecule has 0 bridgehead atoms. The average Bonchev–Trinajstić information content (AvgIpc) is 2.61. The molecule has 1 aromatic carbocycles. The molecule has 0 saturated carbocycles. The summed E-state index contributed by atoms with van der Waals surface area (Å²) in [6.07, 6.45) is 0.0472. The van der Waals surface area contributed by atoms with Crippen molar-refractivity contribution < 1.29 is 23.4 Å². The van der Waals surface area contributed by atoms with E-state index in [-0.39, 0.29) is 0 Å². The molecule has 0 saturated heterocycles. The molecule has 1 heterocycles. The summed E-state index contributed by atoms with van der Waals surface area (Å²) in [4.78, 5) is 15.4. The van der Waals surface area contributed by atoms with E-state index in [9.17, 15) is 18.7 Å². The zero-order chi connectivity index (χ0) is 17.7. The van der Waals surface area contributed by atoms with Gasteiger partial charge in [0, 0.05) is 6.20 Å². The summed E-state index contributed by atoms with van der Waals surface area (Å²) in [5.41, 5.74) is -0.168. The van der Waals surface area contributed by atoms with E-state index in [0.29, 0.717) is 11.3 Å². The highest BCUT2D eigenvalue weighted by atomic mass is 19.3. The SMILES string of the molecule is COc1ccc(C(O)C(C)NC(=O)C(F)(F)c2ccccn2)cc1. The Morgan fingerprint density at radius 1 is 1.25 bits per heavy atom. The van der Waals surface area contributed by atoms with E-state index in [2.05, 4.69) is 10.3 Å². The monoisotopic (exact) mass is 336 g/mol. The van der Waals surface area contributed by atoms with Gasteiger partial charge in [-0.25, -0.2) is 0 Å². The van der Waals surface area contributed by atoms with Crippen LogP contribution in [0.4, 0.5) is 8.78 Å². The number of alkyl halides is 2. The third kappa shape index (κ3) is 3.86. The number of nitrogens with zero attached hydrogens (tertiary/aromatic N) is 1. The number of nitrogens with one attached hydrogen (secondary N) is 1. The number of ether oxygens (including phenoxy) is 1. The van der Waals surface area contributed by atoms with Gasteiger partial charge in [0.15, 0.2) is 0 Å². The second-order valence-corrected chi connectivity index (χ2v) is 5.27. The molecule has 2 rings (SSSR count). The van der Waals surface area contributed by atoms with Crippen LogP contribution < -0.4 is 10.1 Å². The van der Waals surface area contributed by atoms with Gasteiger partial charge < -0.3 is 15.2 Å². The van der Waals surface area contributed by atoms with Crippen LogP contribution in [0.1, 0.15) is 24.3 Å². The first-order valence-electron chi connectivity index (χ1n) is 7.28. The molecule has 24 heavy (non-hydrogen) atoms. The lowest BCUT2D eigenvalue weighted by Crippen LogP contribution is -2.45. The molecule has 128 valence electrons. The van der Waals surface area contributed by atoms with Gasteiger partial charge in [0.05, 0.1) is 19.3 Å². The number of carbonyl (C=O) groups excluding carboxylic acids is 1. The van der Waals surface area contributed by atoms with Crippen molar-refractivity contribution in [1.82, 2.24) is 10.3 Å². The van der Waals surface area contributed by atoms with Gasteiger partial charge >= 0.3 is 5.92 Å². The normalized spacial score (nSPS) is 13.9. The van der Waals surface area contributed by atoms with Gasteiger partial charge in [-0.1, -0.05) is 18.2 Å². The third-order valence-electron chi connectivity index (χ3n) is 3.56. The minimum Gasteiger partial charge on any atom is -0.497 e. The third-order valence-corrected chi connectivity index (χ3v) is 3.56. The van der Waals surface area contributed by atoms with E-state index in [4.69, 9.17) is 4.74 Å². The van der Waals surface area contributed by atoms with Crippen LogP contribution in [0.5, 0.6) is 5.75 Å². The molecule has 0 spiro atoms. The summed E-state index contributed by atoms with van der Waals surface area (Å²) in [5.74, 6) is -4.69. The molecular formula is C17H18F2N2O3. The summed E-state index contributed by atoms with van der Waals surface area (Å²) in [5, 5.41) is 12.4. The predicted octanol–water partition coefficient (Wildman–Crippen LogP) is 2.42. The number of hydrogen-bond acceptors (Lipinski definition) is 4. The lowest BCUT2D eigenvalue weighted by atomic mass is 10.0. The summed E-state index contributed by atoms with van der Waals surface area (Å²) in [6.45, 7) is 1.45. The second-order valence-electron chi connectivity index (χ2n) is 5.27. The van der Waals surface area contributed by atoms with Crippen LogP contribution in [-0.2, 0) is 10.7 Å². The molecule has 2 unspecified atom stereocenters. The number of aliphatic hydroxyl groups excluding tert-OH is 1. The van der Waals surface area contributed by atoms with Crippen molar-refractivity contribution in [3.63, 3.8) is 0 Å². The number of methoxy groups -OCH3 is 1. The summed E-state index contributed by atoms with van der Waals surface area (Å²) in [7, 11) is 1.51. The van der Waals surface area contributed by atoms with Crippen molar-refractivity contribution in [2.24, 2.45) is 0 Å². The smallest absolute Gasteiger partial charge is 0.366 e. The number of aliphatic hydroxyl groups is 1. The zero-order valence-electron chi connectivity index (χ0n) is 13.2. The van der Waals surface area contributed by atoms with Crippen molar-refractivity contribution in [1.29, 1.82) is 0 Å². The quantitative estimate of drug-likeness (QED) is 0.850. The molecule has 0 fully saturated rings. The van der Waals surface area contributed by atoms with E-state index < -0.39 is 29.7 Å². The van der Waals surface area contributed by atoms with E-state index in [1.807, 2.05) is 0 Å². The van der Waals surface area contributed by atoms with Gasteiger partial charge in [-0.05, 0) is 36.8 Å². The summed E-state index contributed by atoms with van der Waals surface area (Å²) in [6, 6.07) is 9.48. The Morgan fingerprint density at radius 2 is 1.92 bits per heavy atom. The Bertz CT molecular complexity index is 678. The Hall–Kier alpha value is -2.54. The number of pyridine rings is 1. The van der Waals surface area contributed by atoms with E-state index >= 15 is 0 Å². The number of rotatable bonds is 6. The number of amides is 1. The second kappa shape index (κ2) is 7.35. The van der Waals surface area contributed by atoms with Gasteiger partial charge in [-0.2, -0.15) is 8.78 Å². The fraction of sp³-hybridized carbons (Fsp3) is 0.294. The number of benzene rings is 1. The molecule has 0 aliphatic heterocycles. The van der Waals surface area contributed by atoms with E-state index in [1.54, 1.807) is 24.3 Å². The van der Waals surface area contributed by atoms with Crippen LogP contribution in [-0.4, -0.2) is 29.1 Å². The number of carbonyl (C=O) groups is 1. The molecule has 5 nitrogen and oxygen atoms in total. The lowest BCUT2D eigenvalue weighted by molar-refractivity contribution is -0.149. The van der Waals surface area contributed by atoms with E-state index in [1.165, 1.54) is 32.4 Å². The van der Waals surface area contributed by atoms with Crippen molar-refractivity contribution in [3.8, 4) is 5.75 Å². The molecule has 0 aliphatic rings. The standard InChI is InChI=1S/C17H18F2N2O3/c1-11(15(22)12-6-8-13(24-2)9-7-12)21-16(23)17(18,19)14-5-3-4-10-20-14/h3-11,15,22H,1-2H3,(H,21,23). The summed E-state index contributed by atoms with van der Waals surface area (Å²) >= 11 is 0. The lowest BCUT2D eigenvalue weighted by Gasteiger charge is -2.23. The molecule has 2 atom stereocenters. The van der Waals surface area contributed by atoms with Gasteiger partial charge in [-0.3, -0.25) is 9.78 Å². The van der Waals surface area contributed by atoms with Crippen LogP contribution in [0.15, 0.2) is 48.7 Å². The van der Waals surface area contributed by atoms with Gasteiger partial charge in [-0.15, -0.1) is 0 Å². The van der Waals surface area contributed by atoms with Crippen molar-refractivity contribution >= 4 is 5.91 Å². The van der Waals surface area contributed by atoms with Gasteiger partial charge in [0.2, 0.25) is 0 Å². The summed E-state index contributed by atoms with van der Waals surface area (Å²) < 4.78 is 33.2. The first-order valence-corrected chi connectivity index (χ1v) is 7.28. The molecular weight excluding hydrogens is 318 g/mol. The van der Waals surface area contributed by atoms with Gasteiger partial charge in [0.25, 0.3) is 5.91 Å². The Kier molecular flexibility index (Phi) is 5.46. The van der Waals surface area contributed by atoms with Crippen LogP contribution in [0, 0.1) is 0 Å². The Morgan fingerprint density at radius 3 is 2.46 bits per heavy atom.